The van der Waals surface area contributed by atoms with Gasteiger partial charge in [0.2, 0.25) is 0 Å². The van der Waals surface area contributed by atoms with Gasteiger partial charge in [-0.1, -0.05) is 56.4 Å². The lowest BCUT2D eigenvalue weighted by Crippen LogP contribution is -2.34. The molecule has 5 aromatic rings. The van der Waals surface area contributed by atoms with E-state index in [1.165, 1.54) is 16.0 Å². The van der Waals surface area contributed by atoms with Crippen molar-refractivity contribution in [2.75, 3.05) is 0 Å². The van der Waals surface area contributed by atoms with Crippen LogP contribution in [-0.2, 0) is 0 Å². The van der Waals surface area contributed by atoms with Gasteiger partial charge in [-0.15, -0.1) is 0 Å². The first-order valence-electron chi connectivity index (χ1n) is 11.1. The van der Waals surface area contributed by atoms with Crippen LogP contribution in [0.3, 0.4) is 0 Å². The molecule has 0 atom stereocenters. The predicted molar refractivity (Wildman–Crippen MR) is 138 cm³/mol. The van der Waals surface area contributed by atoms with Crippen molar-refractivity contribution in [2.24, 2.45) is 5.92 Å². The molecule has 0 saturated heterocycles. The molecule has 3 heteroatoms. The van der Waals surface area contributed by atoms with E-state index in [4.69, 9.17) is 4.98 Å². The average Bonchev–Trinajstić information content (AvgIpc) is 3.26. The summed E-state index contributed by atoms with van der Waals surface area (Å²) in [6, 6.07) is 14.4. The summed E-state index contributed by atoms with van der Waals surface area (Å²) >= 11 is 0. The van der Waals surface area contributed by atoms with Crippen molar-refractivity contribution in [3.8, 4) is 12.1 Å². The van der Waals surface area contributed by atoms with Crippen LogP contribution in [0.15, 0.2) is 43.0 Å². The van der Waals surface area contributed by atoms with Crippen LogP contribution >= 0.6 is 0 Å². The van der Waals surface area contributed by atoms with Gasteiger partial charge in [-0.3, -0.25) is 0 Å². The van der Waals surface area contributed by atoms with E-state index in [0.717, 1.165) is 48.6 Å². The molecule has 3 nitrogen and oxygen atoms in total. The van der Waals surface area contributed by atoms with Gasteiger partial charge in [-0.05, 0) is 53.8 Å². The summed E-state index contributed by atoms with van der Waals surface area (Å²) in [5.41, 5.74) is 4.15. The van der Waals surface area contributed by atoms with Crippen molar-refractivity contribution in [2.45, 2.75) is 27.7 Å². The second-order valence-electron chi connectivity index (χ2n) is 9.09. The van der Waals surface area contributed by atoms with Crippen LogP contribution in [0.25, 0.3) is 61.1 Å². The van der Waals surface area contributed by atoms with Crippen LogP contribution in [0.2, 0.25) is 0 Å². The van der Waals surface area contributed by atoms with E-state index < -0.39 is 0 Å². The number of nitrogens with zero attached hydrogens (tertiary/aromatic N) is 3. The third-order valence-electron chi connectivity index (χ3n) is 6.34. The summed E-state index contributed by atoms with van der Waals surface area (Å²) in [4.78, 5) is 5.22. The highest BCUT2D eigenvalue weighted by atomic mass is 14.7. The summed E-state index contributed by atoms with van der Waals surface area (Å²) in [5.74, 6) is 0.385. The predicted octanol–water partition coefficient (Wildman–Crippen LogP) is 5.19. The quantitative estimate of drug-likeness (QED) is 0.391. The first-order chi connectivity index (χ1) is 15.9. The molecule has 0 saturated carbocycles. The SMILES string of the molecule is C=C/C=c1\c(=C(C)C)/c(=C\C(C)C)c2cc3c4ccc(C#N)c5c(C#N)ccc(c3nc12)c54. The topological polar surface area (TPSA) is 60.5 Å². The summed E-state index contributed by atoms with van der Waals surface area (Å²) in [6.45, 7) is 12.6. The molecule has 0 amide bonds. The van der Waals surface area contributed by atoms with Crippen molar-refractivity contribution >= 4 is 61.1 Å². The highest BCUT2D eigenvalue weighted by Gasteiger charge is 2.19. The average molecular weight is 426 g/mol. The number of nitriles is 2. The lowest BCUT2D eigenvalue weighted by atomic mass is 9.97. The molecule has 1 aromatic heterocycles. The first kappa shape index (κ1) is 20.7. The lowest BCUT2D eigenvalue weighted by molar-refractivity contribution is 0.881. The molecule has 1 heterocycles. The monoisotopic (exact) mass is 425 g/mol. The smallest absolute Gasteiger partial charge is 0.0998 e. The number of hydrogen-bond donors (Lipinski definition) is 0. The second kappa shape index (κ2) is 7.44. The number of aromatic nitrogens is 1. The summed E-state index contributed by atoms with van der Waals surface area (Å²) in [7, 11) is 0. The number of rotatable bonds is 2. The fraction of sp³-hybridized carbons (Fsp3) is 0.167. The van der Waals surface area contributed by atoms with Crippen molar-refractivity contribution in [3.05, 3.63) is 69.8 Å². The molecule has 4 aromatic carbocycles. The summed E-state index contributed by atoms with van der Waals surface area (Å²) in [6.07, 6.45) is 6.18. The van der Waals surface area contributed by atoms with Crippen LogP contribution in [-0.4, -0.2) is 4.98 Å². The highest BCUT2D eigenvalue weighted by Crippen LogP contribution is 2.40. The molecule has 33 heavy (non-hydrogen) atoms. The van der Waals surface area contributed by atoms with E-state index in [1.807, 2.05) is 30.4 Å². The van der Waals surface area contributed by atoms with Gasteiger partial charge in [0.05, 0.1) is 34.3 Å². The Kier molecular flexibility index (Phi) is 4.66. The molecular weight excluding hydrogens is 402 g/mol. The van der Waals surface area contributed by atoms with Crippen molar-refractivity contribution in [1.29, 1.82) is 10.5 Å². The van der Waals surface area contributed by atoms with Gasteiger partial charge >= 0.3 is 0 Å². The Labute approximate surface area is 192 Å². The zero-order valence-corrected chi connectivity index (χ0v) is 19.2. The van der Waals surface area contributed by atoms with Gasteiger partial charge in [0, 0.05) is 32.1 Å². The normalized spacial score (nSPS) is 12.9. The molecule has 0 bridgehead atoms. The molecule has 0 radical (unpaired) electrons. The largest absolute Gasteiger partial charge is 0.246 e. The minimum atomic E-state index is 0.385. The van der Waals surface area contributed by atoms with E-state index >= 15 is 0 Å². The fourth-order valence-electron chi connectivity index (χ4n) is 5.16. The Morgan fingerprint density at radius 3 is 2.12 bits per heavy atom. The third-order valence-corrected chi connectivity index (χ3v) is 6.34. The number of benzene rings is 2. The zero-order chi connectivity index (χ0) is 23.4. The van der Waals surface area contributed by atoms with Crippen LogP contribution in [0.1, 0.15) is 38.8 Å². The van der Waals surface area contributed by atoms with E-state index in [2.05, 4.69) is 58.6 Å². The molecule has 0 aliphatic rings. The van der Waals surface area contributed by atoms with E-state index in [-0.39, 0.29) is 0 Å². The van der Waals surface area contributed by atoms with E-state index in [1.54, 1.807) is 6.07 Å². The Bertz CT molecular complexity index is 1870. The minimum Gasteiger partial charge on any atom is -0.246 e. The maximum absolute atomic E-state index is 9.70. The highest BCUT2D eigenvalue weighted by molar-refractivity contribution is 6.31. The van der Waals surface area contributed by atoms with Gasteiger partial charge in [-0.2, -0.15) is 10.5 Å². The Balaban J connectivity index is 2.15. The molecule has 0 aliphatic heterocycles. The van der Waals surface area contributed by atoms with Crippen LogP contribution < -0.4 is 15.7 Å². The first-order valence-corrected chi connectivity index (χ1v) is 11.1. The standard InChI is InChI=1S/C30H23N3/c1-6-7-21-26(17(4)5)23(12-16(2)3)25-13-24-20-10-8-18(14-31)27-19(15-32)9-11-22(28(20)27)30(24)33-29(21)25/h6-13,16H,1H2,2-5H3/b21-7+,23-12-. The lowest BCUT2D eigenvalue weighted by Gasteiger charge is -2.03. The molecule has 5 rings (SSSR count). The molecular formula is C30H23N3. The molecule has 158 valence electrons. The van der Waals surface area contributed by atoms with E-state index in [0.29, 0.717) is 17.0 Å². The van der Waals surface area contributed by atoms with Gasteiger partial charge in [0.15, 0.2) is 0 Å². The zero-order valence-electron chi connectivity index (χ0n) is 19.2. The molecule has 0 spiro atoms. The van der Waals surface area contributed by atoms with Gasteiger partial charge < -0.3 is 0 Å². The summed E-state index contributed by atoms with van der Waals surface area (Å²) in [5, 5.41) is 28.8. The number of hydrogen-bond acceptors (Lipinski definition) is 3. The van der Waals surface area contributed by atoms with Crippen molar-refractivity contribution in [1.82, 2.24) is 4.98 Å². The number of pyridine rings is 1. The maximum atomic E-state index is 9.70. The maximum Gasteiger partial charge on any atom is 0.0998 e. The Morgan fingerprint density at radius 2 is 1.55 bits per heavy atom. The van der Waals surface area contributed by atoms with Gasteiger partial charge in [0.1, 0.15) is 0 Å². The molecule has 0 fully saturated rings. The van der Waals surface area contributed by atoms with E-state index in [9.17, 15) is 10.5 Å². The van der Waals surface area contributed by atoms with Gasteiger partial charge in [0.25, 0.3) is 0 Å². The van der Waals surface area contributed by atoms with Gasteiger partial charge in [-0.25, -0.2) is 4.98 Å². The van der Waals surface area contributed by atoms with Crippen LogP contribution in [0.5, 0.6) is 0 Å². The summed E-state index contributed by atoms with van der Waals surface area (Å²) < 4.78 is 0. The van der Waals surface area contributed by atoms with Crippen molar-refractivity contribution < 1.29 is 0 Å². The number of fused-ring (bicyclic) bond motifs is 4. The third kappa shape index (κ3) is 2.83. The number of allylic oxidation sites excluding steroid dienone is 1. The Morgan fingerprint density at radius 1 is 0.879 bits per heavy atom. The second-order valence-corrected chi connectivity index (χ2v) is 9.09. The molecule has 0 aliphatic carbocycles. The molecule has 0 N–H and O–H groups in total. The Hall–Kier alpha value is -4.21. The fourth-order valence-corrected chi connectivity index (χ4v) is 5.16. The minimum absolute atomic E-state index is 0.385. The van der Waals surface area contributed by atoms with Crippen LogP contribution in [0, 0.1) is 28.6 Å². The molecule has 0 unspecified atom stereocenters. The van der Waals surface area contributed by atoms with Crippen molar-refractivity contribution in [3.63, 3.8) is 0 Å². The van der Waals surface area contributed by atoms with Crippen LogP contribution in [0.4, 0.5) is 0 Å².